The average Bonchev–Trinajstić information content (AvgIpc) is 2.07. The Morgan fingerprint density at radius 3 is 1.43 bits per heavy atom. The first-order valence-corrected chi connectivity index (χ1v) is 4.67. The van der Waals surface area contributed by atoms with Crippen LogP contribution >= 0.6 is 23.2 Å². The predicted molar refractivity (Wildman–Crippen MR) is 54.6 cm³/mol. The van der Waals surface area contributed by atoms with E-state index in [-0.39, 0.29) is 10.6 Å². The van der Waals surface area contributed by atoms with Crippen LogP contribution in [0.15, 0.2) is 0 Å². The van der Waals surface area contributed by atoms with Gasteiger partial charge >= 0.3 is 0 Å². The zero-order valence-corrected chi connectivity index (χ0v) is 9.06. The van der Waals surface area contributed by atoms with Gasteiger partial charge in [0, 0.05) is 0 Å². The highest BCUT2D eigenvalue weighted by atomic mass is 35.5. The smallest absolute Gasteiger partial charge is 0.221 e. The summed E-state index contributed by atoms with van der Waals surface area (Å²) < 4.78 is 0. The topological polar surface area (TPSA) is 51.6 Å². The maximum absolute atomic E-state index is 5.72. The highest BCUT2D eigenvalue weighted by Crippen LogP contribution is 2.19. The summed E-state index contributed by atoms with van der Waals surface area (Å²) in [6, 6.07) is 0. The van der Waals surface area contributed by atoms with Gasteiger partial charge in [-0.1, -0.05) is 0 Å². The van der Waals surface area contributed by atoms with Crippen LogP contribution in [0.3, 0.4) is 0 Å². The van der Waals surface area contributed by atoms with Crippen LogP contribution in [0.25, 0.3) is 11.0 Å². The van der Waals surface area contributed by atoms with Crippen molar-refractivity contribution in [2.24, 2.45) is 0 Å². The summed E-state index contributed by atoms with van der Waals surface area (Å²) in [6.07, 6.45) is 0. The summed E-state index contributed by atoms with van der Waals surface area (Å²) in [4.78, 5) is 16.1. The molecule has 6 heteroatoms. The molecule has 2 aromatic rings. The molecular formula is C8H6Cl2N4. The van der Waals surface area contributed by atoms with Gasteiger partial charge in [-0.15, -0.1) is 0 Å². The molecule has 0 aliphatic rings. The quantitative estimate of drug-likeness (QED) is 0.650. The number of hydrogen-bond acceptors (Lipinski definition) is 4. The zero-order chi connectivity index (χ0) is 10.3. The van der Waals surface area contributed by atoms with Crippen LogP contribution in [0.4, 0.5) is 0 Å². The SMILES string of the molecule is Cc1nc(Cl)nc2c(C)nc(Cl)nc12. The van der Waals surface area contributed by atoms with Crippen LogP contribution in [0.2, 0.25) is 10.6 Å². The van der Waals surface area contributed by atoms with Crippen molar-refractivity contribution in [1.29, 1.82) is 0 Å². The van der Waals surface area contributed by atoms with E-state index in [1.165, 1.54) is 0 Å². The fourth-order valence-electron chi connectivity index (χ4n) is 1.23. The molecule has 0 aromatic carbocycles. The van der Waals surface area contributed by atoms with Gasteiger partial charge in [-0.05, 0) is 37.0 Å². The third-order valence-corrected chi connectivity index (χ3v) is 2.18. The largest absolute Gasteiger partial charge is 0.223 e. The molecule has 2 aromatic heterocycles. The lowest BCUT2D eigenvalue weighted by molar-refractivity contribution is 1.07. The Morgan fingerprint density at radius 2 is 1.07 bits per heavy atom. The van der Waals surface area contributed by atoms with Crippen LogP contribution in [-0.4, -0.2) is 19.9 Å². The Kier molecular flexibility index (Phi) is 2.25. The van der Waals surface area contributed by atoms with Gasteiger partial charge in [0.1, 0.15) is 11.0 Å². The fraction of sp³-hybridized carbons (Fsp3) is 0.250. The molecule has 0 atom stereocenters. The molecule has 2 heterocycles. The van der Waals surface area contributed by atoms with E-state index in [1.807, 2.05) is 0 Å². The summed E-state index contributed by atoms with van der Waals surface area (Å²) in [5.41, 5.74) is 2.69. The van der Waals surface area contributed by atoms with Crippen molar-refractivity contribution in [3.63, 3.8) is 0 Å². The van der Waals surface area contributed by atoms with Gasteiger partial charge in [0.2, 0.25) is 10.6 Å². The van der Waals surface area contributed by atoms with Gasteiger partial charge < -0.3 is 0 Å². The first-order valence-electron chi connectivity index (χ1n) is 3.92. The first-order chi connectivity index (χ1) is 6.58. The molecule has 0 radical (unpaired) electrons. The summed E-state index contributed by atoms with van der Waals surface area (Å²) in [5.74, 6) is 0. The molecular weight excluding hydrogens is 223 g/mol. The fourth-order valence-corrected chi connectivity index (χ4v) is 1.65. The number of halogens is 2. The number of hydrogen-bond donors (Lipinski definition) is 0. The van der Waals surface area contributed by atoms with Gasteiger partial charge in [-0.3, -0.25) is 0 Å². The lowest BCUT2D eigenvalue weighted by Gasteiger charge is -2.03. The lowest BCUT2D eigenvalue weighted by atomic mass is 10.3. The number of fused-ring (bicyclic) bond motifs is 1. The van der Waals surface area contributed by atoms with Crippen molar-refractivity contribution in [2.75, 3.05) is 0 Å². The van der Waals surface area contributed by atoms with Crippen molar-refractivity contribution < 1.29 is 0 Å². The van der Waals surface area contributed by atoms with Gasteiger partial charge in [0.05, 0.1) is 11.4 Å². The summed E-state index contributed by atoms with van der Waals surface area (Å²) in [7, 11) is 0. The number of rotatable bonds is 0. The molecule has 4 nitrogen and oxygen atoms in total. The van der Waals surface area contributed by atoms with Crippen molar-refractivity contribution in [1.82, 2.24) is 19.9 Å². The van der Waals surface area contributed by atoms with E-state index >= 15 is 0 Å². The Morgan fingerprint density at radius 1 is 0.714 bits per heavy atom. The van der Waals surface area contributed by atoms with E-state index in [4.69, 9.17) is 23.2 Å². The molecule has 72 valence electrons. The lowest BCUT2D eigenvalue weighted by Crippen LogP contribution is -1.97. The van der Waals surface area contributed by atoms with Crippen LogP contribution in [-0.2, 0) is 0 Å². The molecule has 0 saturated carbocycles. The van der Waals surface area contributed by atoms with E-state index in [0.29, 0.717) is 22.4 Å². The van der Waals surface area contributed by atoms with Crippen LogP contribution < -0.4 is 0 Å². The van der Waals surface area contributed by atoms with Crippen LogP contribution in [0.5, 0.6) is 0 Å². The van der Waals surface area contributed by atoms with E-state index in [2.05, 4.69) is 19.9 Å². The summed E-state index contributed by atoms with van der Waals surface area (Å²) in [6.45, 7) is 3.61. The molecule has 0 aliphatic carbocycles. The predicted octanol–water partition coefficient (Wildman–Crippen LogP) is 2.34. The van der Waals surface area contributed by atoms with Crippen molar-refractivity contribution in [2.45, 2.75) is 13.8 Å². The van der Waals surface area contributed by atoms with E-state index < -0.39 is 0 Å². The second kappa shape index (κ2) is 3.29. The summed E-state index contributed by atoms with van der Waals surface area (Å²) in [5, 5.41) is 0.396. The minimum atomic E-state index is 0.198. The maximum Gasteiger partial charge on any atom is 0.223 e. The van der Waals surface area contributed by atoms with Crippen LogP contribution in [0.1, 0.15) is 11.4 Å². The molecule has 0 bridgehead atoms. The number of aromatic nitrogens is 4. The van der Waals surface area contributed by atoms with Gasteiger partial charge in [-0.25, -0.2) is 19.9 Å². The second-order valence-electron chi connectivity index (χ2n) is 2.85. The molecule has 2 rings (SSSR count). The number of aryl methyl sites for hydroxylation is 2. The average molecular weight is 229 g/mol. The highest BCUT2D eigenvalue weighted by Gasteiger charge is 2.09. The Hall–Kier alpha value is -1.00. The zero-order valence-electron chi connectivity index (χ0n) is 7.54. The van der Waals surface area contributed by atoms with Crippen molar-refractivity contribution in [3.8, 4) is 0 Å². The van der Waals surface area contributed by atoms with E-state index in [9.17, 15) is 0 Å². The van der Waals surface area contributed by atoms with Crippen molar-refractivity contribution in [3.05, 3.63) is 22.0 Å². The van der Waals surface area contributed by atoms with Gasteiger partial charge in [-0.2, -0.15) is 0 Å². The molecule has 0 aliphatic heterocycles. The second-order valence-corrected chi connectivity index (χ2v) is 3.53. The molecule has 0 saturated heterocycles. The third kappa shape index (κ3) is 1.51. The van der Waals surface area contributed by atoms with E-state index in [1.54, 1.807) is 13.8 Å². The monoisotopic (exact) mass is 228 g/mol. The maximum atomic E-state index is 5.72. The van der Waals surface area contributed by atoms with Gasteiger partial charge in [0.25, 0.3) is 0 Å². The summed E-state index contributed by atoms with van der Waals surface area (Å²) >= 11 is 11.4. The molecule has 0 unspecified atom stereocenters. The number of nitrogens with zero attached hydrogens (tertiary/aromatic N) is 4. The molecule has 0 amide bonds. The third-order valence-electron chi connectivity index (χ3n) is 1.84. The highest BCUT2D eigenvalue weighted by molar-refractivity contribution is 6.29. The Balaban J connectivity index is 2.94. The molecule has 0 spiro atoms. The Labute approximate surface area is 90.3 Å². The normalized spacial score (nSPS) is 10.9. The minimum absolute atomic E-state index is 0.198. The van der Waals surface area contributed by atoms with E-state index in [0.717, 1.165) is 0 Å². The molecule has 0 fully saturated rings. The molecule has 14 heavy (non-hydrogen) atoms. The van der Waals surface area contributed by atoms with Crippen LogP contribution in [0, 0.1) is 13.8 Å². The van der Waals surface area contributed by atoms with Crippen molar-refractivity contribution >= 4 is 34.2 Å². The Bertz CT molecular complexity index is 465. The standard InChI is InChI=1S/C8H6Cl2N4/c1-3-5-6(14-7(9)11-3)4(2)12-8(10)13-5/h1-2H3. The minimum Gasteiger partial charge on any atom is -0.221 e. The molecule has 0 N–H and O–H groups in total. The first kappa shape index (κ1) is 9.55. The van der Waals surface area contributed by atoms with Gasteiger partial charge in [0.15, 0.2) is 0 Å².